The number of carbonyl (C=O) groups is 1. The first-order valence-corrected chi connectivity index (χ1v) is 7.48. The molecule has 3 aromatic rings. The number of hydrogen-bond acceptors (Lipinski definition) is 2. The highest BCUT2D eigenvalue weighted by molar-refractivity contribution is 5.95. The standard InChI is InChI=1S/C20H18N2O/c1-22(2)20(23)19-8-4-7-18(14-19)17-6-3-5-16(13-17)15-9-11-21-12-10-15/h3-14H,1-2H3. The highest BCUT2D eigenvalue weighted by Crippen LogP contribution is 2.26. The van der Waals surface area contributed by atoms with Gasteiger partial charge in [0.25, 0.3) is 5.91 Å². The molecular weight excluding hydrogens is 284 g/mol. The van der Waals surface area contributed by atoms with Crippen LogP contribution in [0, 0.1) is 0 Å². The fourth-order valence-corrected chi connectivity index (χ4v) is 2.51. The van der Waals surface area contributed by atoms with Crippen LogP contribution in [0.3, 0.4) is 0 Å². The van der Waals surface area contributed by atoms with Crippen molar-refractivity contribution in [3.05, 3.63) is 78.6 Å². The van der Waals surface area contributed by atoms with Gasteiger partial charge < -0.3 is 4.90 Å². The first-order chi connectivity index (χ1) is 11.1. The summed E-state index contributed by atoms with van der Waals surface area (Å²) in [5.74, 6) is 0.0112. The monoisotopic (exact) mass is 302 g/mol. The normalized spacial score (nSPS) is 10.3. The Morgan fingerprint density at radius 2 is 1.35 bits per heavy atom. The number of rotatable bonds is 3. The summed E-state index contributed by atoms with van der Waals surface area (Å²) in [6, 6.07) is 20.0. The molecule has 3 rings (SSSR count). The topological polar surface area (TPSA) is 33.2 Å². The van der Waals surface area contributed by atoms with Crippen molar-refractivity contribution in [2.75, 3.05) is 14.1 Å². The molecule has 114 valence electrons. The molecule has 1 aromatic heterocycles. The van der Waals surface area contributed by atoms with Crippen LogP contribution in [0.15, 0.2) is 73.1 Å². The number of carbonyl (C=O) groups excluding carboxylic acids is 1. The molecule has 0 aliphatic carbocycles. The fourth-order valence-electron chi connectivity index (χ4n) is 2.51. The summed E-state index contributed by atoms with van der Waals surface area (Å²) in [5.41, 5.74) is 5.08. The molecule has 0 spiro atoms. The molecule has 2 aromatic carbocycles. The zero-order valence-electron chi connectivity index (χ0n) is 13.2. The van der Waals surface area contributed by atoms with Crippen LogP contribution in [-0.4, -0.2) is 29.9 Å². The smallest absolute Gasteiger partial charge is 0.253 e. The van der Waals surface area contributed by atoms with Crippen LogP contribution >= 0.6 is 0 Å². The van der Waals surface area contributed by atoms with E-state index >= 15 is 0 Å². The molecular formula is C20H18N2O. The molecule has 0 radical (unpaired) electrons. The van der Waals surface area contributed by atoms with Crippen molar-refractivity contribution >= 4 is 5.91 Å². The highest BCUT2D eigenvalue weighted by atomic mass is 16.2. The summed E-state index contributed by atoms with van der Waals surface area (Å²) < 4.78 is 0. The lowest BCUT2D eigenvalue weighted by molar-refractivity contribution is 0.0827. The Labute approximate surface area is 136 Å². The summed E-state index contributed by atoms with van der Waals surface area (Å²) in [5, 5.41) is 0. The summed E-state index contributed by atoms with van der Waals surface area (Å²) in [4.78, 5) is 17.8. The number of nitrogens with zero attached hydrogens (tertiary/aromatic N) is 2. The molecule has 0 saturated heterocycles. The van der Waals surface area contributed by atoms with E-state index in [1.165, 1.54) is 0 Å². The Morgan fingerprint density at radius 1 is 0.783 bits per heavy atom. The van der Waals surface area contributed by atoms with Gasteiger partial charge in [0.15, 0.2) is 0 Å². The molecule has 23 heavy (non-hydrogen) atoms. The molecule has 0 aliphatic rings. The van der Waals surface area contributed by atoms with E-state index < -0.39 is 0 Å². The average molecular weight is 302 g/mol. The van der Waals surface area contributed by atoms with E-state index in [4.69, 9.17) is 0 Å². The lowest BCUT2D eigenvalue weighted by Gasteiger charge is -2.12. The molecule has 0 unspecified atom stereocenters. The third-order valence-corrected chi connectivity index (χ3v) is 3.73. The van der Waals surface area contributed by atoms with Gasteiger partial charge in [0, 0.05) is 32.1 Å². The molecule has 0 N–H and O–H groups in total. The van der Waals surface area contributed by atoms with Crippen LogP contribution in [0.1, 0.15) is 10.4 Å². The maximum atomic E-state index is 12.1. The van der Waals surface area contributed by atoms with E-state index in [0.29, 0.717) is 5.56 Å². The second-order valence-corrected chi connectivity index (χ2v) is 5.60. The van der Waals surface area contributed by atoms with Gasteiger partial charge in [-0.3, -0.25) is 9.78 Å². The highest BCUT2D eigenvalue weighted by Gasteiger charge is 2.09. The van der Waals surface area contributed by atoms with Crippen LogP contribution < -0.4 is 0 Å². The van der Waals surface area contributed by atoms with Gasteiger partial charge in [-0.25, -0.2) is 0 Å². The Hall–Kier alpha value is -2.94. The van der Waals surface area contributed by atoms with Crippen molar-refractivity contribution in [2.45, 2.75) is 0 Å². The predicted octanol–water partition coefficient (Wildman–Crippen LogP) is 4.12. The van der Waals surface area contributed by atoms with Crippen molar-refractivity contribution < 1.29 is 4.79 Å². The molecule has 1 amide bonds. The number of aromatic nitrogens is 1. The van der Waals surface area contributed by atoms with Gasteiger partial charge in [0.05, 0.1) is 0 Å². The van der Waals surface area contributed by atoms with Crippen molar-refractivity contribution in [1.82, 2.24) is 9.88 Å². The molecule has 3 heteroatoms. The van der Waals surface area contributed by atoms with Crippen molar-refractivity contribution in [1.29, 1.82) is 0 Å². The average Bonchev–Trinajstić information content (AvgIpc) is 2.62. The number of pyridine rings is 1. The van der Waals surface area contributed by atoms with Gasteiger partial charge in [-0.2, -0.15) is 0 Å². The third-order valence-electron chi connectivity index (χ3n) is 3.73. The van der Waals surface area contributed by atoms with Gasteiger partial charge >= 0.3 is 0 Å². The Kier molecular flexibility index (Phi) is 4.20. The second-order valence-electron chi connectivity index (χ2n) is 5.60. The van der Waals surface area contributed by atoms with Crippen LogP contribution in [0.5, 0.6) is 0 Å². The molecule has 0 fully saturated rings. The van der Waals surface area contributed by atoms with Gasteiger partial charge in [-0.1, -0.05) is 30.3 Å². The Morgan fingerprint density at radius 3 is 2.00 bits per heavy atom. The number of hydrogen-bond donors (Lipinski definition) is 0. The fraction of sp³-hybridized carbons (Fsp3) is 0.100. The van der Waals surface area contributed by atoms with Crippen LogP contribution in [0.4, 0.5) is 0 Å². The van der Waals surface area contributed by atoms with Gasteiger partial charge in [-0.15, -0.1) is 0 Å². The maximum absolute atomic E-state index is 12.1. The van der Waals surface area contributed by atoms with Gasteiger partial charge in [0.2, 0.25) is 0 Å². The van der Waals surface area contributed by atoms with E-state index in [1.54, 1.807) is 31.4 Å². The maximum Gasteiger partial charge on any atom is 0.253 e. The number of amides is 1. The SMILES string of the molecule is CN(C)C(=O)c1cccc(-c2cccc(-c3ccncc3)c2)c1. The lowest BCUT2D eigenvalue weighted by Crippen LogP contribution is -2.21. The van der Waals surface area contributed by atoms with Crippen molar-refractivity contribution in [3.63, 3.8) is 0 Å². The van der Waals surface area contributed by atoms with E-state index in [0.717, 1.165) is 22.3 Å². The minimum absolute atomic E-state index is 0.0112. The predicted molar refractivity (Wildman–Crippen MR) is 93.1 cm³/mol. The Balaban J connectivity index is 2.00. The first kappa shape index (κ1) is 15.0. The molecule has 3 nitrogen and oxygen atoms in total. The Bertz CT molecular complexity index is 826. The van der Waals surface area contributed by atoms with Crippen LogP contribution in [-0.2, 0) is 0 Å². The van der Waals surface area contributed by atoms with E-state index in [-0.39, 0.29) is 5.91 Å². The van der Waals surface area contributed by atoms with Crippen molar-refractivity contribution in [3.8, 4) is 22.3 Å². The second kappa shape index (κ2) is 6.44. The minimum atomic E-state index is 0.0112. The summed E-state index contributed by atoms with van der Waals surface area (Å²) in [6.45, 7) is 0. The molecule has 0 atom stereocenters. The van der Waals surface area contributed by atoms with Crippen molar-refractivity contribution in [2.24, 2.45) is 0 Å². The largest absolute Gasteiger partial charge is 0.345 e. The summed E-state index contributed by atoms with van der Waals surface area (Å²) in [6.07, 6.45) is 3.58. The van der Waals surface area contributed by atoms with Gasteiger partial charge in [0.1, 0.15) is 0 Å². The lowest BCUT2D eigenvalue weighted by atomic mass is 9.98. The van der Waals surface area contributed by atoms with E-state index in [1.807, 2.05) is 42.5 Å². The van der Waals surface area contributed by atoms with E-state index in [2.05, 4.69) is 23.2 Å². The van der Waals surface area contributed by atoms with Crippen LogP contribution in [0.25, 0.3) is 22.3 Å². The summed E-state index contributed by atoms with van der Waals surface area (Å²) >= 11 is 0. The minimum Gasteiger partial charge on any atom is -0.345 e. The number of benzene rings is 2. The molecule has 0 aliphatic heterocycles. The summed E-state index contributed by atoms with van der Waals surface area (Å²) in [7, 11) is 3.53. The third kappa shape index (κ3) is 3.29. The van der Waals surface area contributed by atoms with Crippen LogP contribution in [0.2, 0.25) is 0 Å². The zero-order chi connectivity index (χ0) is 16.2. The zero-order valence-corrected chi connectivity index (χ0v) is 13.2. The quantitative estimate of drug-likeness (QED) is 0.729. The molecule has 0 saturated carbocycles. The molecule has 0 bridgehead atoms. The first-order valence-electron chi connectivity index (χ1n) is 7.48. The van der Waals surface area contributed by atoms with E-state index in [9.17, 15) is 4.79 Å². The van der Waals surface area contributed by atoms with Gasteiger partial charge in [-0.05, 0) is 52.6 Å². The molecule has 1 heterocycles.